The van der Waals surface area contributed by atoms with Crippen LogP contribution in [0.15, 0.2) is 28.8 Å². The molecule has 106 valence electrons. The standard InChI is InChI=1S/C16H21N3O/c1-3-17-11(2)16-18-15(19-20-16)14-9-8-12-6-4-5-7-13(12)10-14/h4-7,11,14,17H,3,8-10H2,1-2H3. The van der Waals surface area contributed by atoms with E-state index in [0.29, 0.717) is 11.8 Å². The van der Waals surface area contributed by atoms with Crippen LogP contribution in [-0.2, 0) is 12.8 Å². The van der Waals surface area contributed by atoms with E-state index in [9.17, 15) is 0 Å². The maximum Gasteiger partial charge on any atom is 0.243 e. The Balaban J connectivity index is 1.75. The van der Waals surface area contributed by atoms with Crippen molar-refractivity contribution in [3.05, 3.63) is 47.1 Å². The fraction of sp³-hybridized carbons (Fsp3) is 0.500. The second kappa shape index (κ2) is 5.75. The summed E-state index contributed by atoms with van der Waals surface area (Å²) in [6.07, 6.45) is 3.23. The summed E-state index contributed by atoms with van der Waals surface area (Å²) in [6, 6.07) is 8.78. The van der Waals surface area contributed by atoms with Crippen molar-refractivity contribution in [2.24, 2.45) is 0 Å². The van der Waals surface area contributed by atoms with Crippen LogP contribution in [0.3, 0.4) is 0 Å². The zero-order chi connectivity index (χ0) is 13.9. The predicted molar refractivity (Wildman–Crippen MR) is 77.6 cm³/mol. The zero-order valence-corrected chi connectivity index (χ0v) is 12.1. The second-order valence-corrected chi connectivity index (χ2v) is 5.48. The van der Waals surface area contributed by atoms with Crippen LogP contribution in [0.4, 0.5) is 0 Å². The molecular weight excluding hydrogens is 250 g/mol. The lowest BCUT2D eigenvalue weighted by atomic mass is 9.83. The molecule has 0 spiro atoms. The molecule has 0 saturated heterocycles. The molecule has 4 nitrogen and oxygen atoms in total. The Bertz CT molecular complexity index is 579. The van der Waals surface area contributed by atoms with Gasteiger partial charge < -0.3 is 9.84 Å². The molecule has 0 bridgehead atoms. The number of nitrogens with one attached hydrogen (secondary N) is 1. The number of nitrogens with zero attached hydrogens (tertiary/aromatic N) is 2. The lowest BCUT2D eigenvalue weighted by Crippen LogP contribution is -2.18. The van der Waals surface area contributed by atoms with Crippen LogP contribution in [0.5, 0.6) is 0 Å². The second-order valence-electron chi connectivity index (χ2n) is 5.48. The van der Waals surface area contributed by atoms with Crippen LogP contribution in [0.1, 0.15) is 55.1 Å². The molecule has 2 aromatic rings. The number of aryl methyl sites for hydroxylation is 1. The normalized spacial score (nSPS) is 19.6. The molecule has 0 fully saturated rings. The number of benzene rings is 1. The average molecular weight is 271 g/mol. The summed E-state index contributed by atoms with van der Waals surface area (Å²) in [7, 11) is 0. The first-order valence-electron chi connectivity index (χ1n) is 7.41. The van der Waals surface area contributed by atoms with Gasteiger partial charge in [-0.15, -0.1) is 0 Å². The highest BCUT2D eigenvalue weighted by atomic mass is 16.5. The van der Waals surface area contributed by atoms with Gasteiger partial charge in [0.2, 0.25) is 5.89 Å². The quantitative estimate of drug-likeness (QED) is 0.928. The maximum atomic E-state index is 5.40. The van der Waals surface area contributed by atoms with E-state index >= 15 is 0 Å². The summed E-state index contributed by atoms with van der Waals surface area (Å²) in [5.74, 6) is 1.94. The Labute approximate surface area is 119 Å². The molecule has 20 heavy (non-hydrogen) atoms. The van der Waals surface area contributed by atoms with Crippen molar-refractivity contribution in [3.8, 4) is 0 Å². The summed E-state index contributed by atoms with van der Waals surface area (Å²) >= 11 is 0. The molecule has 1 aromatic carbocycles. The van der Waals surface area contributed by atoms with Crippen LogP contribution in [0.25, 0.3) is 0 Å². The Kier molecular flexibility index (Phi) is 3.83. The van der Waals surface area contributed by atoms with Gasteiger partial charge in [-0.2, -0.15) is 4.98 Å². The minimum atomic E-state index is 0.122. The molecule has 1 aliphatic rings. The number of aromatic nitrogens is 2. The van der Waals surface area contributed by atoms with E-state index < -0.39 is 0 Å². The van der Waals surface area contributed by atoms with E-state index in [1.54, 1.807) is 0 Å². The van der Waals surface area contributed by atoms with Crippen molar-refractivity contribution in [2.75, 3.05) is 6.54 Å². The van der Waals surface area contributed by atoms with E-state index in [1.165, 1.54) is 11.1 Å². The van der Waals surface area contributed by atoms with E-state index in [2.05, 4.69) is 53.6 Å². The SMILES string of the molecule is CCNC(C)c1nc(C2CCc3ccccc3C2)no1. The zero-order valence-electron chi connectivity index (χ0n) is 12.1. The minimum Gasteiger partial charge on any atom is -0.338 e. The molecule has 0 radical (unpaired) electrons. The van der Waals surface area contributed by atoms with Crippen LogP contribution in [-0.4, -0.2) is 16.7 Å². The molecule has 0 aliphatic heterocycles. The Hall–Kier alpha value is -1.68. The van der Waals surface area contributed by atoms with Gasteiger partial charge in [0.1, 0.15) is 0 Å². The lowest BCUT2D eigenvalue weighted by molar-refractivity contribution is 0.335. The fourth-order valence-corrected chi connectivity index (χ4v) is 2.90. The van der Waals surface area contributed by atoms with Crippen LogP contribution >= 0.6 is 0 Å². The van der Waals surface area contributed by atoms with Gasteiger partial charge in [0.25, 0.3) is 0 Å². The minimum absolute atomic E-state index is 0.122. The molecular formula is C16H21N3O. The van der Waals surface area contributed by atoms with Crippen LogP contribution in [0.2, 0.25) is 0 Å². The molecule has 4 heteroatoms. The fourth-order valence-electron chi connectivity index (χ4n) is 2.90. The van der Waals surface area contributed by atoms with Gasteiger partial charge in [-0.05, 0) is 43.9 Å². The number of fused-ring (bicyclic) bond motifs is 1. The molecule has 3 rings (SSSR count). The highest BCUT2D eigenvalue weighted by Gasteiger charge is 2.25. The topological polar surface area (TPSA) is 51.0 Å². The van der Waals surface area contributed by atoms with Crippen molar-refractivity contribution in [3.63, 3.8) is 0 Å². The van der Waals surface area contributed by atoms with Gasteiger partial charge in [0.15, 0.2) is 5.82 Å². The molecule has 1 heterocycles. The third-order valence-corrected chi connectivity index (χ3v) is 4.05. The molecule has 2 atom stereocenters. The van der Waals surface area contributed by atoms with Crippen molar-refractivity contribution >= 4 is 0 Å². The van der Waals surface area contributed by atoms with Gasteiger partial charge in [0.05, 0.1) is 6.04 Å². The third kappa shape index (κ3) is 2.61. The van der Waals surface area contributed by atoms with Gasteiger partial charge in [0, 0.05) is 5.92 Å². The smallest absolute Gasteiger partial charge is 0.243 e. The number of hydrogen-bond donors (Lipinski definition) is 1. The van der Waals surface area contributed by atoms with Crippen molar-refractivity contribution in [2.45, 2.75) is 45.1 Å². The molecule has 1 aromatic heterocycles. The summed E-state index contributed by atoms with van der Waals surface area (Å²) in [6.45, 7) is 5.03. The maximum absolute atomic E-state index is 5.40. The van der Waals surface area contributed by atoms with E-state index in [0.717, 1.165) is 31.6 Å². The van der Waals surface area contributed by atoms with E-state index in [1.807, 2.05) is 0 Å². The lowest BCUT2D eigenvalue weighted by Gasteiger charge is -2.21. The predicted octanol–water partition coefficient (Wildman–Crippen LogP) is 3.01. The highest BCUT2D eigenvalue weighted by Crippen LogP contribution is 2.31. The molecule has 0 amide bonds. The van der Waals surface area contributed by atoms with Gasteiger partial charge in [-0.25, -0.2) is 0 Å². The van der Waals surface area contributed by atoms with Gasteiger partial charge in [-0.3, -0.25) is 0 Å². The Morgan fingerprint density at radius 3 is 2.95 bits per heavy atom. The van der Waals surface area contributed by atoms with Gasteiger partial charge in [-0.1, -0.05) is 36.3 Å². The molecule has 1 aliphatic carbocycles. The summed E-state index contributed by atoms with van der Waals surface area (Å²) in [5.41, 5.74) is 2.89. The highest BCUT2D eigenvalue weighted by molar-refractivity contribution is 5.31. The molecule has 1 N–H and O–H groups in total. The Morgan fingerprint density at radius 2 is 2.15 bits per heavy atom. The summed E-state index contributed by atoms with van der Waals surface area (Å²) in [4.78, 5) is 4.59. The van der Waals surface area contributed by atoms with Crippen molar-refractivity contribution in [1.29, 1.82) is 0 Å². The van der Waals surface area contributed by atoms with Gasteiger partial charge >= 0.3 is 0 Å². The summed E-state index contributed by atoms with van der Waals surface area (Å²) < 4.78 is 5.40. The summed E-state index contributed by atoms with van der Waals surface area (Å²) in [5, 5.41) is 7.49. The third-order valence-electron chi connectivity index (χ3n) is 4.05. The largest absolute Gasteiger partial charge is 0.338 e. The van der Waals surface area contributed by atoms with Crippen molar-refractivity contribution < 1.29 is 4.52 Å². The average Bonchev–Trinajstić information content (AvgIpc) is 2.97. The first-order valence-corrected chi connectivity index (χ1v) is 7.41. The molecule has 0 saturated carbocycles. The molecule has 2 unspecified atom stereocenters. The van der Waals surface area contributed by atoms with E-state index in [4.69, 9.17) is 4.52 Å². The van der Waals surface area contributed by atoms with Crippen molar-refractivity contribution in [1.82, 2.24) is 15.5 Å². The first-order chi connectivity index (χ1) is 9.78. The number of hydrogen-bond acceptors (Lipinski definition) is 4. The first kappa shape index (κ1) is 13.3. The number of rotatable bonds is 4. The van der Waals surface area contributed by atoms with Crippen LogP contribution in [0, 0.1) is 0 Å². The monoisotopic (exact) mass is 271 g/mol. The van der Waals surface area contributed by atoms with Crippen LogP contribution < -0.4 is 5.32 Å². The van der Waals surface area contributed by atoms with E-state index in [-0.39, 0.29) is 6.04 Å². The Morgan fingerprint density at radius 1 is 1.35 bits per heavy atom.